The fourth-order valence-electron chi connectivity index (χ4n) is 2.59. The quantitative estimate of drug-likeness (QED) is 0.927. The number of aromatic nitrogens is 1. The number of rotatable bonds is 2. The zero-order valence-corrected chi connectivity index (χ0v) is 13.1. The van der Waals surface area contributed by atoms with Gasteiger partial charge in [0.05, 0.1) is 0 Å². The Morgan fingerprint density at radius 3 is 3.00 bits per heavy atom. The first kappa shape index (κ1) is 14.2. The molecule has 1 saturated heterocycles. The van der Waals surface area contributed by atoms with Crippen LogP contribution in [0.2, 0.25) is 0 Å². The van der Waals surface area contributed by atoms with Crippen molar-refractivity contribution in [2.45, 2.75) is 19.9 Å². The molecule has 1 aromatic heterocycles. The molecule has 0 bridgehead atoms. The molecule has 1 unspecified atom stereocenters. The highest BCUT2D eigenvalue weighted by Gasteiger charge is 2.23. The van der Waals surface area contributed by atoms with E-state index in [9.17, 15) is 4.79 Å². The van der Waals surface area contributed by atoms with Crippen molar-refractivity contribution in [1.29, 1.82) is 0 Å². The van der Waals surface area contributed by atoms with Gasteiger partial charge in [0, 0.05) is 36.6 Å². The van der Waals surface area contributed by atoms with Crippen molar-refractivity contribution in [3.8, 4) is 10.6 Å². The molecule has 1 atom stereocenters. The zero-order chi connectivity index (χ0) is 14.8. The van der Waals surface area contributed by atoms with Crippen LogP contribution in [0, 0.1) is 6.92 Å². The van der Waals surface area contributed by atoms with Gasteiger partial charge in [-0.2, -0.15) is 0 Å². The summed E-state index contributed by atoms with van der Waals surface area (Å²) in [6, 6.07) is 8.48. The second kappa shape index (κ2) is 5.95. The molecule has 0 aliphatic carbocycles. The summed E-state index contributed by atoms with van der Waals surface area (Å²) in [6.45, 7) is 6.51. The van der Waals surface area contributed by atoms with Crippen molar-refractivity contribution in [2.75, 3.05) is 19.6 Å². The number of carbonyl (C=O) groups excluding carboxylic acids is 1. The molecule has 110 valence electrons. The third kappa shape index (κ3) is 2.99. The Kier molecular flexibility index (Phi) is 4.03. The number of hydrogen-bond donors (Lipinski definition) is 1. The van der Waals surface area contributed by atoms with Crippen LogP contribution >= 0.6 is 11.3 Å². The number of nitrogens with zero attached hydrogens (tertiary/aromatic N) is 2. The number of amides is 1. The van der Waals surface area contributed by atoms with E-state index in [-0.39, 0.29) is 5.91 Å². The summed E-state index contributed by atoms with van der Waals surface area (Å²) in [6.07, 6.45) is 0. The number of benzene rings is 1. The Balaban J connectivity index is 1.82. The van der Waals surface area contributed by atoms with Crippen LogP contribution in [0.5, 0.6) is 0 Å². The van der Waals surface area contributed by atoms with Crippen molar-refractivity contribution in [3.63, 3.8) is 0 Å². The maximum Gasteiger partial charge on any atom is 0.273 e. The predicted molar refractivity (Wildman–Crippen MR) is 85.7 cm³/mol. The first-order chi connectivity index (χ1) is 10.1. The highest BCUT2D eigenvalue weighted by Crippen LogP contribution is 2.27. The predicted octanol–water partition coefficient (Wildman–Crippen LogP) is 2.55. The summed E-state index contributed by atoms with van der Waals surface area (Å²) >= 11 is 1.54. The van der Waals surface area contributed by atoms with Gasteiger partial charge >= 0.3 is 0 Å². The Hall–Kier alpha value is -1.72. The lowest BCUT2D eigenvalue weighted by molar-refractivity contribution is 0.0704. The van der Waals surface area contributed by atoms with Crippen molar-refractivity contribution in [3.05, 3.63) is 40.9 Å². The minimum absolute atomic E-state index is 0.0411. The zero-order valence-electron chi connectivity index (χ0n) is 12.3. The molecular weight excluding hydrogens is 282 g/mol. The van der Waals surface area contributed by atoms with E-state index in [2.05, 4.69) is 36.3 Å². The van der Waals surface area contributed by atoms with Crippen LogP contribution < -0.4 is 5.32 Å². The Bertz CT molecular complexity index is 652. The highest BCUT2D eigenvalue weighted by atomic mass is 32.1. The molecule has 0 radical (unpaired) electrons. The first-order valence-electron chi connectivity index (χ1n) is 7.19. The second-order valence-corrected chi connectivity index (χ2v) is 6.32. The molecule has 21 heavy (non-hydrogen) atoms. The molecule has 1 aromatic carbocycles. The number of nitrogens with one attached hydrogen (secondary N) is 1. The van der Waals surface area contributed by atoms with Crippen molar-refractivity contribution >= 4 is 17.2 Å². The molecule has 2 heterocycles. The summed E-state index contributed by atoms with van der Waals surface area (Å²) < 4.78 is 0. The third-order valence-electron chi connectivity index (χ3n) is 3.75. The van der Waals surface area contributed by atoms with Gasteiger partial charge in [-0.3, -0.25) is 4.79 Å². The number of carbonyl (C=O) groups is 1. The van der Waals surface area contributed by atoms with E-state index in [1.165, 1.54) is 16.9 Å². The van der Waals surface area contributed by atoms with Gasteiger partial charge in [0.1, 0.15) is 10.7 Å². The van der Waals surface area contributed by atoms with E-state index in [1.54, 1.807) is 0 Å². The van der Waals surface area contributed by atoms with E-state index >= 15 is 0 Å². The second-order valence-electron chi connectivity index (χ2n) is 5.46. The molecule has 1 N–H and O–H groups in total. The molecule has 5 heteroatoms. The number of thiazole rings is 1. The lowest BCUT2D eigenvalue weighted by Gasteiger charge is -2.31. The summed E-state index contributed by atoms with van der Waals surface area (Å²) in [4.78, 5) is 19.0. The summed E-state index contributed by atoms with van der Waals surface area (Å²) in [5, 5.41) is 6.13. The molecule has 4 nitrogen and oxygen atoms in total. The average Bonchev–Trinajstić information content (AvgIpc) is 2.96. The van der Waals surface area contributed by atoms with Gasteiger partial charge in [-0.1, -0.05) is 24.3 Å². The minimum atomic E-state index is 0.0411. The van der Waals surface area contributed by atoms with Crippen LogP contribution in [0.1, 0.15) is 23.0 Å². The van der Waals surface area contributed by atoms with Crippen LogP contribution in [0.15, 0.2) is 29.6 Å². The standard InChI is InChI=1S/C16H19N3OS/c1-11-5-3-4-6-13(11)15-18-14(10-21-15)16(20)19-8-7-17-12(2)9-19/h3-6,10,12,17H,7-9H2,1-2H3. The van der Waals surface area contributed by atoms with Crippen molar-refractivity contribution in [2.24, 2.45) is 0 Å². The lowest BCUT2D eigenvalue weighted by Crippen LogP contribution is -2.51. The SMILES string of the molecule is Cc1ccccc1-c1nc(C(=O)N2CCNC(C)C2)cs1. The lowest BCUT2D eigenvalue weighted by atomic mass is 10.1. The molecule has 2 aromatic rings. The van der Waals surface area contributed by atoms with Crippen LogP contribution in [-0.4, -0.2) is 41.5 Å². The summed E-state index contributed by atoms with van der Waals surface area (Å²) in [5.74, 6) is 0.0411. The topological polar surface area (TPSA) is 45.2 Å². The van der Waals surface area contributed by atoms with Gasteiger partial charge in [-0.25, -0.2) is 4.98 Å². The number of aryl methyl sites for hydroxylation is 1. The highest BCUT2D eigenvalue weighted by molar-refractivity contribution is 7.13. The van der Waals surface area contributed by atoms with Gasteiger partial charge in [-0.15, -0.1) is 11.3 Å². The smallest absolute Gasteiger partial charge is 0.273 e. The van der Waals surface area contributed by atoms with Gasteiger partial charge < -0.3 is 10.2 Å². The summed E-state index contributed by atoms with van der Waals surface area (Å²) in [5.41, 5.74) is 2.85. The van der Waals surface area contributed by atoms with Crippen molar-refractivity contribution < 1.29 is 4.79 Å². The Morgan fingerprint density at radius 1 is 1.43 bits per heavy atom. The fraction of sp³-hybridized carbons (Fsp3) is 0.375. The summed E-state index contributed by atoms with van der Waals surface area (Å²) in [7, 11) is 0. The minimum Gasteiger partial charge on any atom is -0.334 e. The van der Waals surface area contributed by atoms with E-state index in [0.29, 0.717) is 11.7 Å². The maximum atomic E-state index is 12.5. The van der Waals surface area contributed by atoms with Crippen LogP contribution in [0.25, 0.3) is 10.6 Å². The number of piperazine rings is 1. The van der Waals surface area contributed by atoms with E-state index in [4.69, 9.17) is 0 Å². The molecule has 1 amide bonds. The van der Waals surface area contributed by atoms with Gasteiger partial charge in [-0.05, 0) is 19.4 Å². The van der Waals surface area contributed by atoms with E-state index < -0.39 is 0 Å². The molecule has 0 spiro atoms. The third-order valence-corrected chi connectivity index (χ3v) is 4.63. The largest absolute Gasteiger partial charge is 0.334 e. The number of hydrogen-bond acceptors (Lipinski definition) is 4. The van der Waals surface area contributed by atoms with Crippen molar-refractivity contribution in [1.82, 2.24) is 15.2 Å². The monoisotopic (exact) mass is 301 g/mol. The van der Waals surface area contributed by atoms with Gasteiger partial charge in [0.2, 0.25) is 0 Å². The Labute approximate surface area is 128 Å². The molecular formula is C16H19N3OS. The molecule has 1 aliphatic heterocycles. The van der Waals surface area contributed by atoms with Crippen LogP contribution in [0.3, 0.4) is 0 Å². The maximum absolute atomic E-state index is 12.5. The van der Waals surface area contributed by atoms with E-state index in [0.717, 1.165) is 30.2 Å². The van der Waals surface area contributed by atoms with Crippen LogP contribution in [-0.2, 0) is 0 Å². The fourth-order valence-corrected chi connectivity index (χ4v) is 3.47. The molecule has 1 aliphatic rings. The molecule has 1 fully saturated rings. The van der Waals surface area contributed by atoms with E-state index in [1.807, 2.05) is 22.4 Å². The normalized spacial score (nSPS) is 18.8. The van der Waals surface area contributed by atoms with Gasteiger partial charge in [0.15, 0.2) is 0 Å². The van der Waals surface area contributed by atoms with Crippen LogP contribution in [0.4, 0.5) is 0 Å². The molecule has 3 rings (SSSR count). The average molecular weight is 301 g/mol. The molecule has 0 saturated carbocycles. The Morgan fingerprint density at radius 2 is 2.24 bits per heavy atom. The first-order valence-corrected chi connectivity index (χ1v) is 8.07. The van der Waals surface area contributed by atoms with Gasteiger partial charge in [0.25, 0.3) is 5.91 Å².